The lowest BCUT2D eigenvalue weighted by Gasteiger charge is -2.23. The van der Waals surface area contributed by atoms with Gasteiger partial charge in [0.25, 0.3) is 0 Å². The average molecular weight is 590 g/mol. The first-order valence-corrected chi connectivity index (χ1v) is 14.7. The number of nitrogens with one attached hydrogen (secondary N) is 3. The maximum Gasteiger partial charge on any atom is 0.419 e. The van der Waals surface area contributed by atoms with Crippen LogP contribution in [0.1, 0.15) is 60.5 Å². The van der Waals surface area contributed by atoms with E-state index in [2.05, 4.69) is 16.0 Å². The Morgan fingerprint density at radius 2 is 1.66 bits per heavy atom. The number of benzene rings is 1. The molecule has 226 valence electrons. The Kier molecular flexibility index (Phi) is 12.4. The first kappa shape index (κ1) is 33.8. The molecule has 1 heterocycles. The fraction of sp³-hybridized carbons (Fsp3) is 0.552. The Bertz CT molecular complexity index is 1250. The molecular formula is C29H43N5O6S. The lowest BCUT2D eigenvalue weighted by Crippen LogP contribution is -2.56. The molecule has 2 rings (SSSR count). The van der Waals surface area contributed by atoms with Crippen LogP contribution in [-0.4, -0.2) is 69.5 Å². The van der Waals surface area contributed by atoms with Crippen molar-refractivity contribution in [3.05, 3.63) is 36.0 Å². The number of amides is 3. The van der Waals surface area contributed by atoms with E-state index >= 15 is 0 Å². The van der Waals surface area contributed by atoms with Gasteiger partial charge in [-0.25, -0.2) is 4.79 Å². The van der Waals surface area contributed by atoms with Crippen molar-refractivity contribution in [3.8, 4) is 0 Å². The number of hydrogen-bond acceptors (Lipinski definition) is 8. The highest BCUT2D eigenvalue weighted by Crippen LogP contribution is 2.24. The van der Waals surface area contributed by atoms with E-state index < -0.39 is 47.5 Å². The topological polar surface area (TPSA) is 162 Å². The first-order valence-electron chi connectivity index (χ1n) is 13.7. The number of aromatic nitrogens is 1. The van der Waals surface area contributed by atoms with Crippen LogP contribution in [-0.2, 0) is 30.3 Å². The fourth-order valence-corrected chi connectivity index (χ4v) is 4.60. The molecule has 3 amide bonds. The summed E-state index contributed by atoms with van der Waals surface area (Å²) in [6, 6.07) is 4.25. The van der Waals surface area contributed by atoms with Gasteiger partial charge in [-0.1, -0.05) is 50.7 Å². The quantitative estimate of drug-likeness (QED) is 0.294. The van der Waals surface area contributed by atoms with E-state index in [1.807, 2.05) is 32.9 Å². The predicted molar refractivity (Wildman–Crippen MR) is 160 cm³/mol. The second kappa shape index (κ2) is 15.0. The van der Waals surface area contributed by atoms with Gasteiger partial charge < -0.3 is 26.4 Å². The molecule has 0 bridgehead atoms. The third-order valence-corrected chi connectivity index (χ3v) is 6.72. The minimum Gasteiger partial charge on any atom is -0.443 e. The van der Waals surface area contributed by atoms with Crippen molar-refractivity contribution in [3.63, 3.8) is 0 Å². The van der Waals surface area contributed by atoms with Crippen LogP contribution in [0, 0.1) is 5.92 Å². The summed E-state index contributed by atoms with van der Waals surface area (Å²) in [7, 11) is 0. The lowest BCUT2D eigenvalue weighted by molar-refractivity contribution is -0.132. The lowest BCUT2D eigenvalue weighted by atomic mass is 10.0. The Morgan fingerprint density at radius 3 is 2.27 bits per heavy atom. The van der Waals surface area contributed by atoms with Gasteiger partial charge in [0.2, 0.25) is 22.8 Å². The molecule has 1 aromatic carbocycles. The number of carbonyl (C=O) groups excluding carboxylic acids is 5. The molecule has 0 aliphatic carbocycles. The second-order valence-electron chi connectivity index (χ2n) is 11.3. The van der Waals surface area contributed by atoms with Crippen LogP contribution < -0.4 is 21.7 Å². The van der Waals surface area contributed by atoms with E-state index in [0.29, 0.717) is 28.6 Å². The van der Waals surface area contributed by atoms with Gasteiger partial charge in [-0.05, 0) is 57.4 Å². The highest BCUT2D eigenvalue weighted by Gasteiger charge is 2.29. The van der Waals surface area contributed by atoms with Gasteiger partial charge in [0.05, 0.1) is 18.1 Å². The van der Waals surface area contributed by atoms with Gasteiger partial charge in [0.15, 0.2) is 0 Å². The van der Waals surface area contributed by atoms with E-state index in [9.17, 15) is 24.0 Å². The number of fused-ring (bicyclic) bond motifs is 1. The largest absolute Gasteiger partial charge is 0.443 e. The molecule has 0 unspecified atom stereocenters. The van der Waals surface area contributed by atoms with E-state index in [1.165, 1.54) is 11.5 Å². The number of nitrogens with zero attached hydrogens (tertiary/aromatic N) is 1. The smallest absolute Gasteiger partial charge is 0.419 e. The van der Waals surface area contributed by atoms with Crippen LogP contribution in [0.25, 0.3) is 10.9 Å². The van der Waals surface area contributed by atoms with Gasteiger partial charge >= 0.3 is 6.09 Å². The highest BCUT2D eigenvalue weighted by molar-refractivity contribution is 8.13. The minimum absolute atomic E-state index is 0.0161. The summed E-state index contributed by atoms with van der Waals surface area (Å²) in [5.41, 5.74) is 6.57. The highest BCUT2D eigenvalue weighted by atomic mass is 32.2. The molecular weight excluding hydrogens is 546 g/mol. The van der Waals surface area contributed by atoms with Crippen LogP contribution in [0.2, 0.25) is 0 Å². The van der Waals surface area contributed by atoms with Crippen molar-refractivity contribution in [2.45, 2.75) is 85.0 Å². The summed E-state index contributed by atoms with van der Waals surface area (Å²) in [4.78, 5) is 63.6. The van der Waals surface area contributed by atoms with E-state index in [-0.39, 0.29) is 24.0 Å². The molecule has 2 aromatic rings. The Hall–Kier alpha value is -3.38. The number of para-hydroxylation sites is 1. The number of thioether (sulfide) groups is 1. The zero-order valence-corrected chi connectivity index (χ0v) is 25.7. The van der Waals surface area contributed by atoms with E-state index in [1.54, 1.807) is 39.1 Å². The van der Waals surface area contributed by atoms with Crippen LogP contribution in [0.3, 0.4) is 0 Å². The molecule has 0 aliphatic rings. The van der Waals surface area contributed by atoms with Crippen molar-refractivity contribution in [1.29, 1.82) is 0 Å². The third-order valence-electron chi connectivity index (χ3n) is 5.97. The molecule has 11 nitrogen and oxygen atoms in total. The zero-order chi connectivity index (χ0) is 30.9. The Labute approximate surface area is 245 Å². The molecule has 3 atom stereocenters. The maximum atomic E-state index is 13.4. The summed E-state index contributed by atoms with van der Waals surface area (Å²) >= 11 is 1.09. The van der Waals surface area contributed by atoms with E-state index in [4.69, 9.17) is 10.5 Å². The SMILES string of the molecule is CCSC(=O)CNC(=O)[C@H](C)NC(=O)[C@H](Cc1cn(C(=O)OC(C)(C)C)c2ccccc12)NC(=O)[C@@H](N)CC(C)C. The van der Waals surface area contributed by atoms with Gasteiger partial charge in [-0.2, -0.15) is 0 Å². The molecule has 12 heteroatoms. The Morgan fingerprint density at radius 1 is 1.00 bits per heavy atom. The summed E-state index contributed by atoms with van der Waals surface area (Å²) < 4.78 is 6.93. The molecule has 1 aromatic heterocycles. The van der Waals surface area contributed by atoms with Gasteiger partial charge in [0.1, 0.15) is 17.7 Å². The number of rotatable bonds is 12. The minimum atomic E-state index is -1.11. The molecule has 41 heavy (non-hydrogen) atoms. The monoisotopic (exact) mass is 589 g/mol. The normalized spacial score (nSPS) is 13.8. The zero-order valence-electron chi connectivity index (χ0n) is 24.9. The number of hydrogen-bond donors (Lipinski definition) is 4. The first-order chi connectivity index (χ1) is 19.1. The average Bonchev–Trinajstić information content (AvgIpc) is 3.24. The van der Waals surface area contributed by atoms with Crippen LogP contribution in [0.5, 0.6) is 0 Å². The number of ether oxygens (including phenoxy) is 1. The van der Waals surface area contributed by atoms with Crippen molar-refractivity contribution >= 4 is 51.6 Å². The summed E-state index contributed by atoms with van der Waals surface area (Å²) in [5, 5.41) is 8.39. The molecule has 0 saturated heterocycles. The van der Waals surface area contributed by atoms with Gasteiger partial charge in [0, 0.05) is 18.0 Å². The number of carbonyl (C=O) groups is 5. The molecule has 0 saturated carbocycles. The third kappa shape index (κ3) is 10.5. The standard InChI is InChI=1S/C29H43N5O6S/c1-8-41-24(35)15-31-25(36)18(4)32-27(38)22(33-26(37)21(30)13-17(2)3)14-19-16-34(28(39)40-29(5,6)7)23-12-10-9-11-20(19)23/h9-12,16-18,21-22H,8,13-15,30H2,1-7H3,(H,31,36)(H,32,38)(H,33,37)/t18-,21-,22-/m0/s1. The Balaban J connectivity index is 2.34. The molecule has 0 fully saturated rings. The van der Waals surface area contributed by atoms with Crippen molar-refractivity contribution < 1.29 is 28.7 Å². The van der Waals surface area contributed by atoms with Crippen molar-refractivity contribution in [2.24, 2.45) is 11.7 Å². The van der Waals surface area contributed by atoms with Crippen molar-refractivity contribution in [2.75, 3.05) is 12.3 Å². The van der Waals surface area contributed by atoms with Gasteiger partial charge in [-0.3, -0.25) is 23.7 Å². The van der Waals surface area contributed by atoms with Crippen LogP contribution in [0.4, 0.5) is 4.79 Å². The summed E-state index contributed by atoms with van der Waals surface area (Å²) in [6.07, 6.45) is 1.44. The number of nitrogens with two attached hydrogens (primary N) is 1. The van der Waals surface area contributed by atoms with E-state index in [0.717, 1.165) is 11.8 Å². The van der Waals surface area contributed by atoms with Crippen molar-refractivity contribution in [1.82, 2.24) is 20.5 Å². The van der Waals surface area contributed by atoms with Crippen LogP contribution >= 0.6 is 11.8 Å². The van der Waals surface area contributed by atoms with Gasteiger partial charge in [-0.15, -0.1) is 0 Å². The molecule has 0 spiro atoms. The summed E-state index contributed by atoms with van der Waals surface area (Å²) in [5.74, 6) is -0.903. The second-order valence-corrected chi connectivity index (χ2v) is 12.6. The predicted octanol–water partition coefficient (Wildman–Crippen LogP) is 2.73. The molecule has 0 radical (unpaired) electrons. The fourth-order valence-electron chi connectivity index (χ4n) is 4.10. The van der Waals surface area contributed by atoms with Crippen LogP contribution in [0.15, 0.2) is 30.5 Å². The molecule has 0 aliphatic heterocycles. The maximum absolute atomic E-state index is 13.4. The molecule has 5 N–H and O–H groups in total. The summed E-state index contributed by atoms with van der Waals surface area (Å²) in [6.45, 7) is 12.3.